The van der Waals surface area contributed by atoms with E-state index in [1.54, 1.807) is 0 Å². The summed E-state index contributed by atoms with van der Waals surface area (Å²) in [4.78, 5) is 0. The number of hydrogen-bond donors (Lipinski definition) is 1. The van der Waals surface area contributed by atoms with Crippen molar-refractivity contribution < 1.29 is 5.11 Å². The molecule has 2 unspecified atom stereocenters. The van der Waals surface area contributed by atoms with E-state index >= 15 is 0 Å². The molecule has 0 radical (unpaired) electrons. The summed E-state index contributed by atoms with van der Waals surface area (Å²) in [5.74, 6) is 0. The second kappa shape index (κ2) is 5.23. The molecule has 0 heterocycles. The Labute approximate surface area is 82.2 Å². The van der Waals surface area contributed by atoms with Crippen molar-refractivity contribution in [2.24, 2.45) is 5.41 Å². The molecule has 0 fully saturated rings. The molecular formula is C12H22O. The van der Waals surface area contributed by atoms with Gasteiger partial charge in [-0.25, -0.2) is 0 Å². The van der Waals surface area contributed by atoms with Crippen molar-refractivity contribution in [3.63, 3.8) is 0 Å². The van der Waals surface area contributed by atoms with Crippen LogP contribution in [0, 0.1) is 5.41 Å². The highest BCUT2D eigenvalue weighted by molar-refractivity contribution is 5.04. The van der Waals surface area contributed by atoms with E-state index < -0.39 is 0 Å². The third kappa shape index (κ3) is 3.77. The molecule has 0 aliphatic carbocycles. The Kier molecular flexibility index (Phi) is 5.01. The lowest BCUT2D eigenvalue weighted by Crippen LogP contribution is -2.29. The average Bonchev–Trinajstić information content (AvgIpc) is 2.12. The Morgan fingerprint density at radius 2 is 2.08 bits per heavy atom. The Morgan fingerprint density at radius 3 is 2.38 bits per heavy atom. The number of hydrogen-bond acceptors (Lipinski definition) is 1. The molecule has 0 aliphatic heterocycles. The van der Waals surface area contributed by atoms with Gasteiger partial charge >= 0.3 is 0 Å². The van der Waals surface area contributed by atoms with Crippen LogP contribution in [0.2, 0.25) is 0 Å². The predicted octanol–water partition coefficient (Wildman–Crippen LogP) is 3.31. The van der Waals surface area contributed by atoms with Gasteiger partial charge in [0.1, 0.15) is 0 Å². The maximum absolute atomic E-state index is 9.79. The third-order valence-electron chi connectivity index (χ3n) is 2.56. The molecule has 0 rings (SSSR count). The molecule has 0 amide bonds. The van der Waals surface area contributed by atoms with Gasteiger partial charge in [-0.15, -0.1) is 6.58 Å². The zero-order valence-corrected chi connectivity index (χ0v) is 9.30. The number of allylic oxidation sites excluding steroid dienone is 2. The fourth-order valence-electron chi connectivity index (χ4n) is 1.25. The van der Waals surface area contributed by atoms with Crippen LogP contribution in [-0.2, 0) is 0 Å². The van der Waals surface area contributed by atoms with Gasteiger partial charge in [0.15, 0.2) is 0 Å². The minimum atomic E-state index is -0.291. The van der Waals surface area contributed by atoms with Gasteiger partial charge in [-0.3, -0.25) is 0 Å². The molecule has 0 aliphatic rings. The Balaban J connectivity index is 4.45. The van der Waals surface area contributed by atoms with Crippen molar-refractivity contribution in [3.05, 3.63) is 24.3 Å². The van der Waals surface area contributed by atoms with E-state index in [4.69, 9.17) is 0 Å². The molecule has 0 aromatic carbocycles. The summed E-state index contributed by atoms with van der Waals surface area (Å²) in [6, 6.07) is 0. The normalized spacial score (nSPS) is 17.3. The van der Waals surface area contributed by atoms with Crippen LogP contribution in [0.25, 0.3) is 0 Å². The van der Waals surface area contributed by atoms with Crippen LogP contribution in [0.5, 0.6) is 0 Å². The summed E-state index contributed by atoms with van der Waals surface area (Å²) >= 11 is 0. The summed E-state index contributed by atoms with van der Waals surface area (Å²) in [5.41, 5.74) is 1.11. The molecule has 1 nitrogen and oxygen atoms in total. The van der Waals surface area contributed by atoms with Crippen LogP contribution in [0.4, 0.5) is 0 Å². The van der Waals surface area contributed by atoms with Gasteiger partial charge < -0.3 is 5.11 Å². The number of aliphatic hydroxyl groups excluding tert-OH is 1. The van der Waals surface area contributed by atoms with E-state index in [1.807, 2.05) is 19.9 Å². The zero-order chi connectivity index (χ0) is 10.5. The van der Waals surface area contributed by atoms with Crippen molar-refractivity contribution in [2.45, 2.75) is 46.6 Å². The van der Waals surface area contributed by atoms with Crippen LogP contribution in [-0.4, -0.2) is 11.2 Å². The molecular weight excluding hydrogens is 160 g/mol. The first-order valence-corrected chi connectivity index (χ1v) is 4.91. The standard InChI is InChI=1S/C12H22O/c1-6-11(13)12(5,7-2)9-8-10(3)4/h7-8,11,13H,2,6,9H2,1,3-5H3. The summed E-state index contributed by atoms with van der Waals surface area (Å²) in [7, 11) is 0. The molecule has 0 spiro atoms. The summed E-state index contributed by atoms with van der Waals surface area (Å²) in [6.07, 6.45) is 5.37. The van der Waals surface area contributed by atoms with Gasteiger partial charge in [-0.1, -0.05) is 31.6 Å². The van der Waals surface area contributed by atoms with Crippen LogP contribution in [0.1, 0.15) is 40.5 Å². The topological polar surface area (TPSA) is 20.2 Å². The smallest absolute Gasteiger partial charge is 0.0628 e. The fourth-order valence-corrected chi connectivity index (χ4v) is 1.25. The number of aliphatic hydroxyl groups is 1. The molecule has 0 saturated carbocycles. The summed E-state index contributed by atoms with van der Waals surface area (Å²) in [5, 5.41) is 9.79. The maximum atomic E-state index is 9.79. The molecule has 0 bridgehead atoms. The van der Waals surface area contributed by atoms with E-state index in [2.05, 4.69) is 26.5 Å². The quantitative estimate of drug-likeness (QED) is 0.647. The molecule has 0 aromatic heterocycles. The van der Waals surface area contributed by atoms with Crippen molar-refractivity contribution in [3.8, 4) is 0 Å². The first-order chi connectivity index (χ1) is 5.96. The van der Waals surface area contributed by atoms with E-state index in [1.165, 1.54) is 5.57 Å². The second-order valence-corrected chi connectivity index (χ2v) is 4.12. The van der Waals surface area contributed by atoms with Crippen molar-refractivity contribution in [2.75, 3.05) is 0 Å². The molecule has 1 heteroatoms. The van der Waals surface area contributed by atoms with Gasteiger partial charge in [0.05, 0.1) is 6.10 Å². The zero-order valence-electron chi connectivity index (χ0n) is 9.30. The van der Waals surface area contributed by atoms with Gasteiger partial charge in [0, 0.05) is 5.41 Å². The lowest BCUT2D eigenvalue weighted by atomic mass is 9.79. The Bertz CT molecular complexity index is 189. The molecule has 76 valence electrons. The average molecular weight is 182 g/mol. The largest absolute Gasteiger partial charge is 0.392 e. The van der Waals surface area contributed by atoms with Crippen LogP contribution in [0.15, 0.2) is 24.3 Å². The summed E-state index contributed by atoms with van der Waals surface area (Å²) in [6.45, 7) is 12.0. The third-order valence-corrected chi connectivity index (χ3v) is 2.56. The van der Waals surface area contributed by atoms with Crippen LogP contribution < -0.4 is 0 Å². The highest BCUT2D eigenvalue weighted by Gasteiger charge is 2.26. The van der Waals surface area contributed by atoms with E-state index in [-0.39, 0.29) is 11.5 Å². The maximum Gasteiger partial charge on any atom is 0.0628 e. The Morgan fingerprint density at radius 1 is 1.54 bits per heavy atom. The van der Waals surface area contributed by atoms with Crippen molar-refractivity contribution >= 4 is 0 Å². The lowest BCUT2D eigenvalue weighted by molar-refractivity contribution is 0.0687. The van der Waals surface area contributed by atoms with Crippen LogP contribution >= 0.6 is 0 Å². The predicted molar refractivity (Wildman–Crippen MR) is 58.6 cm³/mol. The minimum Gasteiger partial charge on any atom is -0.392 e. The molecule has 13 heavy (non-hydrogen) atoms. The minimum absolute atomic E-state index is 0.175. The molecule has 1 N–H and O–H groups in total. The van der Waals surface area contributed by atoms with E-state index in [9.17, 15) is 5.11 Å². The molecule has 0 aromatic rings. The first kappa shape index (κ1) is 12.4. The Hall–Kier alpha value is -0.560. The van der Waals surface area contributed by atoms with Gasteiger partial charge in [-0.05, 0) is 26.7 Å². The second-order valence-electron chi connectivity index (χ2n) is 4.12. The molecule has 2 atom stereocenters. The van der Waals surface area contributed by atoms with Crippen molar-refractivity contribution in [1.82, 2.24) is 0 Å². The van der Waals surface area contributed by atoms with Crippen LogP contribution in [0.3, 0.4) is 0 Å². The first-order valence-electron chi connectivity index (χ1n) is 4.91. The van der Waals surface area contributed by atoms with Gasteiger partial charge in [-0.2, -0.15) is 0 Å². The van der Waals surface area contributed by atoms with Gasteiger partial charge in [0.25, 0.3) is 0 Å². The van der Waals surface area contributed by atoms with Gasteiger partial charge in [0.2, 0.25) is 0 Å². The monoisotopic (exact) mass is 182 g/mol. The van der Waals surface area contributed by atoms with Crippen molar-refractivity contribution in [1.29, 1.82) is 0 Å². The van der Waals surface area contributed by atoms with E-state index in [0.717, 1.165) is 12.8 Å². The highest BCUT2D eigenvalue weighted by Crippen LogP contribution is 2.30. The summed E-state index contributed by atoms with van der Waals surface area (Å²) < 4.78 is 0. The number of rotatable bonds is 5. The SMILES string of the molecule is C=CC(C)(CC=C(C)C)C(O)CC. The van der Waals surface area contributed by atoms with E-state index in [0.29, 0.717) is 0 Å². The molecule has 0 saturated heterocycles. The highest BCUT2D eigenvalue weighted by atomic mass is 16.3. The lowest BCUT2D eigenvalue weighted by Gasteiger charge is -2.29. The fraction of sp³-hybridized carbons (Fsp3) is 0.667.